The van der Waals surface area contributed by atoms with Crippen LogP contribution in [0.5, 0.6) is 0 Å². The van der Waals surface area contributed by atoms with Crippen molar-refractivity contribution in [1.29, 1.82) is 0 Å². The van der Waals surface area contributed by atoms with Crippen molar-refractivity contribution in [2.24, 2.45) is 0 Å². The molecule has 0 fully saturated rings. The highest BCUT2D eigenvalue weighted by atomic mass is 15.5. The second-order valence-corrected chi connectivity index (χ2v) is 9.15. The number of pyridine rings is 2. The lowest BCUT2D eigenvalue weighted by Gasteiger charge is -2.12. The van der Waals surface area contributed by atoms with Gasteiger partial charge in [-0.15, -0.1) is 10.2 Å². The third kappa shape index (κ3) is 4.27. The second kappa shape index (κ2) is 9.39. The van der Waals surface area contributed by atoms with Crippen molar-refractivity contribution in [3.8, 4) is 33.6 Å². The molecule has 0 bridgehead atoms. The smallest absolute Gasteiger partial charge is 0.205 e. The Kier molecular flexibility index (Phi) is 5.76. The molecule has 0 amide bonds. The van der Waals surface area contributed by atoms with E-state index >= 15 is 0 Å². The molecule has 0 spiro atoms. The lowest BCUT2D eigenvalue weighted by Crippen LogP contribution is -2.05. The number of benzene rings is 2. The minimum absolute atomic E-state index is 0.561. The van der Waals surface area contributed by atoms with E-state index < -0.39 is 0 Å². The minimum Gasteiger partial charge on any atom is -0.308 e. The molecule has 0 aliphatic rings. The Morgan fingerprint density at radius 3 is 2.43 bits per heavy atom. The van der Waals surface area contributed by atoms with Gasteiger partial charge in [0, 0.05) is 35.6 Å². The van der Waals surface area contributed by atoms with Gasteiger partial charge in [0.15, 0.2) is 5.65 Å². The Bertz CT molecular complexity index is 1680. The number of rotatable bonds is 6. The third-order valence-electron chi connectivity index (χ3n) is 6.62. The van der Waals surface area contributed by atoms with Crippen molar-refractivity contribution in [1.82, 2.24) is 40.1 Å². The minimum atomic E-state index is 0.561. The van der Waals surface area contributed by atoms with Crippen molar-refractivity contribution in [3.05, 3.63) is 95.7 Å². The number of tetrazole rings is 1. The monoisotopic (exact) mass is 486 g/mol. The summed E-state index contributed by atoms with van der Waals surface area (Å²) < 4.78 is 2.23. The molecule has 0 saturated carbocycles. The van der Waals surface area contributed by atoms with E-state index in [2.05, 4.69) is 92.6 Å². The maximum absolute atomic E-state index is 4.88. The summed E-state index contributed by atoms with van der Waals surface area (Å²) in [5, 5.41) is 14.8. The first kappa shape index (κ1) is 22.7. The molecule has 6 rings (SSSR count). The van der Waals surface area contributed by atoms with Gasteiger partial charge in [-0.3, -0.25) is 4.98 Å². The SMILES string of the molecule is CCc1nc2c(C)cc(C)nc2n1Cc1ccc(-c2cc(-c3cccnc3)ccc2-c2nn[nH]n2)cc1. The van der Waals surface area contributed by atoms with Gasteiger partial charge in [-0.25, -0.2) is 9.97 Å². The molecule has 0 aliphatic heterocycles. The average molecular weight is 487 g/mol. The van der Waals surface area contributed by atoms with Gasteiger partial charge >= 0.3 is 0 Å². The summed E-state index contributed by atoms with van der Waals surface area (Å²) in [6.45, 7) is 6.98. The lowest BCUT2D eigenvalue weighted by atomic mass is 9.94. The van der Waals surface area contributed by atoms with Crippen LogP contribution >= 0.6 is 0 Å². The predicted molar refractivity (Wildman–Crippen MR) is 144 cm³/mol. The molecule has 4 aromatic heterocycles. The maximum atomic E-state index is 4.88. The summed E-state index contributed by atoms with van der Waals surface area (Å²) in [7, 11) is 0. The van der Waals surface area contributed by atoms with Crippen LogP contribution in [0.3, 0.4) is 0 Å². The predicted octanol–water partition coefficient (Wildman–Crippen LogP) is 5.57. The van der Waals surface area contributed by atoms with Gasteiger partial charge in [0.25, 0.3) is 0 Å². The molecular weight excluding hydrogens is 460 g/mol. The highest BCUT2D eigenvalue weighted by Crippen LogP contribution is 2.34. The Labute approximate surface area is 214 Å². The van der Waals surface area contributed by atoms with E-state index in [-0.39, 0.29) is 0 Å². The van der Waals surface area contributed by atoms with Crippen molar-refractivity contribution in [3.63, 3.8) is 0 Å². The Morgan fingerprint density at radius 1 is 0.865 bits per heavy atom. The molecule has 0 atom stereocenters. The number of nitrogens with zero attached hydrogens (tertiary/aromatic N) is 7. The van der Waals surface area contributed by atoms with Crippen LogP contribution in [0.4, 0.5) is 0 Å². The summed E-state index contributed by atoms with van der Waals surface area (Å²) in [4.78, 5) is 14.0. The number of imidazole rings is 1. The number of H-pyrrole nitrogens is 1. The summed E-state index contributed by atoms with van der Waals surface area (Å²) in [6, 6.07) is 21.0. The second-order valence-electron chi connectivity index (χ2n) is 9.15. The summed E-state index contributed by atoms with van der Waals surface area (Å²) in [6.07, 6.45) is 4.50. The van der Waals surface area contributed by atoms with Crippen LogP contribution in [0.15, 0.2) is 73.1 Å². The Hall–Kier alpha value is -4.72. The quantitative estimate of drug-likeness (QED) is 0.331. The molecular formula is C29H26N8. The van der Waals surface area contributed by atoms with Crippen LogP contribution in [0.1, 0.15) is 29.6 Å². The highest BCUT2D eigenvalue weighted by Gasteiger charge is 2.16. The standard InChI is InChI=1S/C29H26N8/c1-4-26-32-27-18(2)14-19(3)31-29(27)37(26)17-20-7-9-21(10-8-20)25-15-22(23-6-5-13-30-16-23)11-12-24(25)28-33-35-36-34-28/h5-16H,4,17H2,1-3H3,(H,33,34,35,36). The molecule has 6 aromatic rings. The zero-order valence-corrected chi connectivity index (χ0v) is 21.0. The molecule has 0 aliphatic carbocycles. The van der Waals surface area contributed by atoms with Crippen LogP contribution in [0.25, 0.3) is 44.8 Å². The van der Waals surface area contributed by atoms with Crippen LogP contribution in [-0.4, -0.2) is 40.1 Å². The zero-order valence-electron chi connectivity index (χ0n) is 21.0. The normalized spacial score (nSPS) is 11.3. The number of nitrogens with one attached hydrogen (secondary N) is 1. The van der Waals surface area contributed by atoms with E-state index in [0.29, 0.717) is 12.4 Å². The first-order valence-electron chi connectivity index (χ1n) is 12.3. The molecule has 0 saturated heterocycles. The molecule has 0 radical (unpaired) electrons. The first-order chi connectivity index (χ1) is 18.1. The number of aryl methyl sites for hydroxylation is 3. The van der Waals surface area contributed by atoms with Crippen LogP contribution in [0.2, 0.25) is 0 Å². The number of hydrogen-bond acceptors (Lipinski definition) is 6. The third-order valence-corrected chi connectivity index (χ3v) is 6.62. The van der Waals surface area contributed by atoms with Crippen molar-refractivity contribution in [2.45, 2.75) is 33.7 Å². The average Bonchev–Trinajstić information content (AvgIpc) is 3.58. The van der Waals surface area contributed by atoms with Crippen molar-refractivity contribution < 1.29 is 0 Å². The maximum Gasteiger partial charge on any atom is 0.205 e. The van der Waals surface area contributed by atoms with E-state index in [1.807, 2.05) is 25.3 Å². The molecule has 37 heavy (non-hydrogen) atoms. The van der Waals surface area contributed by atoms with E-state index in [4.69, 9.17) is 9.97 Å². The number of aromatic amines is 1. The number of aromatic nitrogens is 8. The number of fused-ring (bicyclic) bond motifs is 1. The van der Waals surface area contributed by atoms with E-state index in [9.17, 15) is 0 Å². The largest absolute Gasteiger partial charge is 0.308 e. The van der Waals surface area contributed by atoms with Gasteiger partial charge in [0.05, 0.1) is 6.54 Å². The molecule has 8 heteroatoms. The van der Waals surface area contributed by atoms with E-state index in [0.717, 1.165) is 62.5 Å². The van der Waals surface area contributed by atoms with E-state index in [1.165, 1.54) is 5.56 Å². The van der Waals surface area contributed by atoms with Crippen LogP contribution in [0, 0.1) is 13.8 Å². The van der Waals surface area contributed by atoms with Gasteiger partial charge < -0.3 is 4.57 Å². The number of hydrogen-bond donors (Lipinski definition) is 1. The fraction of sp³-hybridized carbons (Fsp3) is 0.172. The van der Waals surface area contributed by atoms with Gasteiger partial charge in [-0.1, -0.05) is 43.3 Å². The van der Waals surface area contributed by atoms with Gasteiger partial charge in [0.2, 0.25) is 5.82 Å². The van der Waals surface area contributed by atoms with Crippen LogP contribution < -0.4 is 0 Å². The molecule has 182 valence electrons. The molecule has 1 N–H and O–H groups in total. The van der Waals surface area contributed by atoms with E-state index in [1.54, 1.807) is 6.20 Å². The Balaban J connectivity index is 1.39. The summed E-state index contributed by atoms with van der Waals surface area (Å²) in [5.41, 5.74) is 10.4. The van der Waals surface area contributed by atoms with Gasteiger partial charge in [0.1, 0.15) is 11.3 Å². The Morgan fingerprint density at radius 2 is 1.70 bits per heavy atom. The fourth-order valence-corrected chi connectivity index (χ4v) is 4.82. The highest BCUT2D eigenvalue weighted by molar-refractivity contribution is 5.84. The van der Waals surface area contributed by atoms with Crippen molar-refractivity contribution in [2.75, 3.05) is 0 Å². The zero-order chi connectivity index (χ0) is 25.4. The van der Waals surface area contributed by atoms with Crippen LogP contribution in [-0.2, 0) is 13.0 Å². The summed E-state index contributed by atoms with van der Waals surface area (Å²) in [5.74, 6) is 1.61. The molecule has 2 aromatic carbocycles. The molecule has 4 heterocycles. The van der Waals surface area contributed by atoms with Gasteiger partial charge in [-0.2, -0.15) is 5.21 Å². The summed E-state index contributed by atoms with van der Waals surface area (Å²) >= 11 is 0. The molecule has 8 nitrogen and oxygen atoms in total. The lowest BCUT2D eigenvalue weighted by molar-refractivity contribution is 0.745. The fourth-order valence-electron chi connectivity index (χ4n) is 4.82. The van der Waals surface area contributed by atoms with Crippen molar-refractivity contribution >= 4 is 11.2 Å². The first-order valence-corrected chi connectivity index (χ1v) is 12.3. The molecule has 0 unspecified atom stereocenters. The van der Waals surface area contributed by atoms with Gasteiger partial charge in [-0.05, 0) is 71.1 Å². The topological polar surface area (TPSA) is 98.1 Å².